The van der Waals surface area contributed by atoms with Crippen LogP contribution >= 0.6 is 23.1 Å². The molecule has 0 saturated heterocycles. The summed E-state index contributed by atoms with van der Waals surface area (Å²) in [7, 11) is -7.78. The number of carbonyl (C=O) groups excluding carboxylic acids is 1. The zero-order chi connectivity index (χ0) is 43.9. The molecule has 0 bridgehead atoms. The minimum absolute atomic E-state index is 0.0109. The average molecular weight is 928 g/mol. The van der Waals surface area contributed by atoms with Crippen molar-refractivity contribution in [3.63, 3.8) is 0 Å². The lowest BCUT2D eigenvalue weighted by Gasteiger charge is -2.29. The second-order valence-electron chi connectivity index (χ2n) is 14.9. The molecule has 2 aliphatic rings. The fourth-order valence-corrected chi connectivity index (χ4v) is 11.3. The van der Waals surface area contributed by atoms with E-state index in [4.69, 9.17) is 8.83 Å². The zero-order valence-electron chi connectivity index (χ0n) is 33.4. The van der Waals surface area contributed by atoms with E-state index in [2.05, 4.69) is 34.2 Å². The first-order valence-corrected chi connectivity index (χ1v) is 24.1. The number of aromatic nitrogens is 6. The average Bonchev–Trinajstić information content (AvgIpc) is 4.09. The smallest absolute Gasteiger partial charge is 0.408 e. The number of oxazole rings is 2. The molecule has 1 aliphatic heterocycles. The standard InChI is InChI=1S/C21H19N5O5S2.C20H18N4O4S2/c1-13(27)25-8-7-14-3-2-4-15(17(14)11-25)10-26-18-6-5-16(9-19(18)31-21(26)28)33(29,30)24-20-22-12-23-32-20;25-20-24(11-14-6-3-5-13-4-1-2-7-16(13)14)17-9-8-15(10-18(17)28-20)30(26,27)23-19-21-12-22-29-19/h2-6,9,12H,7-8,10-11H2,1H3,(H,22,23,24);3,5-6,8-10,12H,1-2,4,7,11H2,(H,21,22,23). The number of hydrogen-bond acceptors (Lipinski definition) is 15. The molecule has 324 valence electrons. The summed E-state index contributed by atoms with van der Waals surface area (Å²) >= 11 is 1.85. The van der Waals surface area contributed by atoms with Gasteiger partial charge in [-0.1, -0.05) is 36.4 Å². The molecule has 8 aromatic rings. The maximum Gasteiger partial charge on any atom is 0.420 e. The number of amides is 1. The first kappa shape index (κ1) is 41.8. The van der Waals surface area contributed by atoms with Crippen LogP contribution in [0.3, 0.4) is 0 Å². The van der Waals surface area contributed by atoms with Gasteiger partial charge in [-0.15, -0.1) is 0 Å². The summed E-state index contributed by atoms with van der Waals surface area (Å²) in [4.78, 5) is 46.4. The largest absolute Gasteiger partial charge is 0.420 e. The Morgan fingerprint density at radius 3 is 1.70 bits per heavy atom. The molecule has 0 fully saturated rings. The topological polar surface area (TPSA) is 234 Å². The van der Waals surface area contributed by atoms with Crippen molar-refractivity contribution in [2.24, 2.45) is 0 Å². The third kappa shape index (κ3) is 8.66. The van der Waals surface area contributed by atoms with Crippen LogP contribution in [0, 0.1) is 0 Å². The molecule has 1 amide bonds. The fraction of sp³-hybridized carbons (Fsp3) is 0.244. The summed E-state index contributed by atoms with van der Waals surface area (Å²) in [5.74, 6) is -1.09. The van der Waals surface area contributed by atoms with E-state index in [0.29, 0.717) is 30.7 Å². The Balaban J connectivity index is 0.000000161. The Morgan fingerprint density at radius 2 is 1.19 bits per heavy atom. The number of nitrogens with one attached hydrogen (secondary N) is 2. The van der Waals surface area contributed by atoms with Crippen molar-refractivity contribution < 1.29 is 30.5 Å². The molecule has 0 unspecified atom stereocenters. The second-order valence-corrected chi connectivity index (χ2v) is 19.8. The third-order valence-electron chi connectivity index (χ3n) is 11.0. The normalized spacial score (nSPS) is 13.9. The van der Waals surface area contributed by atoms with E-state index in [1.807, 2.05) is 30.3 Å². The predicted octanol–water partition coefficient (Wildman–Crippen LogP) is 5.37. The quantitative estimate of drug-likeness (QED) is 0.176. The van der Waals surface area contributed by atoms with Crippen LogP contribution in [0.5, 0.6) is 0 Å². The molecule has 4 aromatic heterocycles. The van der Waals surface area contributed by atoms with Gasteiger partial charge in [-0.05, 0) is 89.8 Å². The lowest BCUT2D eigenvalue weighted by molar-refractivity contribution is -0.129. The highest BCUT2D eigenvalue weighted by molar-refractivity contribution is 7.93. The van der Waals surface area contributed by atoms with E-state index in [9.17, 15) is 31.2 Å². The zero-order valence-corrected chi connectivity index (χ0v) is 36.7. The van der Waals surface area contributed by atoms with E-state index in [-0.39, 0.29) is 43.7 Å². The van der Waals surface area contributed by atoms with Gasteiger partial charge in [-0.3, -0.25) is 23.4 Å². The van der Waals surface area contributed by atoms with Crippen molar-refractivity contribution >= 4 is 81.5 Å². The Labute approximate surface area is 367 Å². The summed E-state index contributed by atoms with van der Waals surface area (Å²) in [6.07, 6.45) is 7.69. The molecule has 18 nitrogen and oxygen atoms in total. The van der Waals surface area contributed by atoms with Crippen LogP contribution < -0.4 is 21.0 Å². The van der Waals surface area contributed by atoms with Crippen LogP contribution in [0.25, 0.3) is 22.2 Å². The van der Waals surface area contributed by atoms with Crippen LogP contribution in [-0.4, -0.2) is 62.0 Å². The number of fused-ring (bicyclic) bond motifs is 4. The summed E-state index contributed by atoms with van der Waals surface area (Å²) < 4.78 is 76.5. The number of aryl methyl sites for hydroxylation is 1. The maximum absolute atomic E-state index is 12.7. The molecular weight excluding hydrogens is 891 g/mol. The maximum atomic E-state index is 12.7. The Hall–Kier alpha value is -6.49. The number of rotatable bonds is 10. The van der Waals surface area contributed by atoms with Gasteiger partial charge in [0.05, 0.1) is 33.9 Å². The molecule has 10 rings (SSSR count). The van der Waals surface area contributed by atoms with Crippen LogP contribution in [0.2, 0.25) is 0 Å². The fourth-order valence-electron chi connectivity index (χ4n) is 7.93. The van der Waals surface area contributed by atoms with Gasteiger partial charge in [0, 0.05) is 55.2 Å². The van der Waals surface area contributed by atoms with E-state index < -0.39 is 31.6 Å². The molecule has 0 saturated carbocycles. The molecule has 0 radical (unpaired) electrons. The second kappa shape index (κ2) is 17.0. The van der Waals surface area contributed by atoms with Gasteiger partial charge >= 0.3 is 11.5 Å². The van der Waals surface area contributed by atoms with Crippen molar-refractivity contribution in [1.82, 2.24) is 32.7 Å². The molecule has 5 heterocycles. The van der Waals surface area contributed by atoms with Crippen LogP contribution in [-0.2, 0) is 63.7 Å². The number of carbonyl (C=O) groups is 1. The van der Waals surface area contributed by atoms with Crippen molar-refractivity contribution in [2.45, 2.75) is 68.5 Å². The van der Waals surface area contributed by atoms with Gasteiger partial charge in [0.15, 0.2) is 11.2 Å². The van der Waals surface area contributed by atoms with Gasteiger partial charge in [0.25, 0.3) is 20.0 Å². The lowest BCUT2D eigenvalue weighted by Crippen LogP contribution is -2.35. The molecule has 4 aromatic carbocycles. The lowest BCUT2D eigenvalue weighted by atomic mass is 9.88. The summed E-state index contributed by atoms with van der Waals surface area (Å²) in [6.45, 7) is 3.35. The summed E-state index contributed by atoms with van der Waals surface area (Å²) in [6, 6.07) is 20.8. The third-order valence-corrected chi connectivity index (χ3v) is 15.1. The van der Waals surface area contributed by atoms with E-state index >= 15 is 0 Å². The number of anilines is 2. The first-order chi connectivity index (χ1) is 30.3. The molecular formula is C41H37N9O9S4. The molecule has 63 heavy (non-hydrogen) atoms. The molecule has 1 aliphatic carbocycles. The molecule has 0 spiro atoms. The van der Waals surface area contributed by atoms with Gasteiger partial charge in [0.2, 0.25) is 16.2 Å². The van der Waals surface area contributed by atoms with Gasteiger partial charge < -0.3 is 13.7 Å². The predicted molar refractivity (Wildman–Crippen MR) is 235 cm³/mol. The highest BCUT2D eigenvalue weighted by Gasteiger charge is 2.24. The van der Waals surface area contributed by atoms with Crippen LogP contribution in [0.15, 0.2) is 114 Å². The Bertz CT molecular complexity index is 3360. The SMILES string of the molecule is CC(=O)N1CCc2cccc(Cn3c(=O)oc4cc(S(=O)(=O)Nc5ncns5)ccc43)c2C1.O=c1oc2cc(S(=O)(=O)Nc3ncns3)ccc2n1Cc1cccc2c1CCCC2. The number of nitrogens with zero attached hydrogens (tertiary/aromatic N) is 7. The summed E-state index contributed by atoms with van der Waals surface area (Å²) in [5, 5.41) is 0.311. The van der Waals surface area contributed by atoms with Crippen molar-refractivity contribution in [3.05, 3.63) is 140 Å². The van der Waals surface area contributed by atoms with E-state index in [1.54, 1.807) is 28.5 Å². The monoisotopic (exact) mass is 927 g/mol. The van der Waals surface area contributed by atoms with Crippen LogP contribution in [0.4, 0.5) is 10.3 Å². The minimum Gasteiger partial charge on any atom is -0.408 e. The highest BCUT2D eigenvalue weighted by atomic mass is 32.2. The van der Waals surface area contributed by atoms with Crippen molar-refractivity contribution in [3.8, 4) is 0 Å². The molecule has 0 atom stereocenters. The van der Waals surface area contributed by atoms with Gasteiger partial charge in [-0.2, -0.15) is 8.75 Å². The van der Waals surface area contributed by atoms with Crippen LogP contribution in [0.1, 0.15) is 53.1 Å². The van der Waals surface area contributed by atoms with E-state index in [0.717, 1.165) is 71.0 Å². The first-order valence-electron chi connectivity index (χ1n) is 19.6. The Kier molecular flexibility index (Phi) is 11.3. The van der Waals surface area contributed by atoms with Gasteiger partial charge in [0.1, 0.15) is 12.7 Å². The highest BCUT2D eigenvalue weighted by Crippen LogP contribution is 2.29. The Morgan fingerprint density at radius 1 is 0.683 bits per heavy atom. The molecule has 2 N–H and O–H groups in total. The number of sulfonamides is 2. The van der Waals surface area contributed by atoms with Crippen molar-refractivity contribution in [1.29, 1.82) is 0 Å². The van der Waals surface area contributed by atoms with Gasteiger partial charge in [-0.25, -0.2) is 36.4 Å². The molecule has 22 heteroatoms. The minimum atomic E-state index is -3.91. The van der Waals surface area contributed by atoms with E-state index in [1.165, 1.54) is 59.0 Å². The van der Waals surface area contributed by atoms with Crippen molar-refractivity contribution in [2.75, 3.05) is 16.0 Å². The summed E-state index contributed by atoms with van der Waals surface area (Å²) in [5.41, 5.74) is 8.28. The number of hydrogen-bond donors (Lipinski definition) is 2. The number of benzene rings is 4.